The van der Waals surface area contributed by atoms with Crippen LogP contribution >= 0.6 is 0 Å². The third kappa shape index (κ3) is 8.98. The Balaban J connectivity index is 1.59. The molecule has 0 radical (unpaired) electrons. The minimum atomic E-state index is -0.173. The standard InChI is InChI=1S/C26H31NO5/c1-2-28-19-18-26(30-21-20-29-23-12-6-3-7-13-23)22-27(31-24-14-8-4-9-15-24)32-25-16-10-5-11-17-25/h3-17,26H,2,18-22H2,1H3. The molecule has 0 saturated heterocycles. The van der Waals surface area contributed by atoms with Gasteiger partial charge in [-0.25, -0.2) is 0 Å². The zero-order valence-corrected chi connectivity index (χ0v) is 18.5. The van der Waals surface area contributed by atoms with Gasteiger partial charge in [-0.1, -0.05) is 54.6 Å². The lowest BCUT2D eigenvalue weighted by atomic mass is 10.2. The molecule has 0 aliphatic carbocycles. The average Bonchev–Trinajstić information content (AvgIpc) is 2.84. The van der Waals surface area contributed by atoms with E-state index >= 15 is 0 Å². The van der Waals surface area contributed by atoms with E-state index in [1.54, 1.807) is 0 Å². The maximum absolute atomic E-state index is 6.11. The summed E-state index contributed by atoms with van der Waals surface area (Å²) in [5, 5.41) is 1.46. The number of para-hydroxylation sites is 3. The Morgan fingerprint density at radius 2 is 1.19 bits per heavy atom. The Bertz CT molecular complexity index is 806. The van der Waals surface area contributed by atoms with Crippen LogP contribution in [0.25, 0.3) is 0 Å². The first kappa shape index (κ1) is 23.6. The van der Waals surface area contributed by atoms with Gasteiger partial charge < -0.3 is 23.9 Å². The normalized spacial score (nSPS) is 11.8. The zero-order valence-electron chi connectivity index (χ0n) is 18.5. The van der Waals surface area contributed by atoms with Crippen molar-refractivity contribution in [2.45, 2.75) is 19.4 Å². The van der Waals surface area contributed by atoms with Crippen LogP contribution in [0.15, 0.2) is 91.0 Å². The zero-order chi connectivity index (χ0) is 22.3. The molecule has 0 saturated carbocycles. The lowest BCUT2D eigenvalue weighted by Gasteiger charge is -2.26. The molecule has 1 unspecified atom stereocenters. The van der Waals surface area contributed by atoms with Gasteiger partial charge in [0.2, 0.25) is 0 Å². The summed E-state index contributed by atoms with van der Waals surface area (Å²) in [6.07, 6.45) is 0.528. The van der Waals surface area contributed by atoms with Gasteiger partial charge in [0.05, 0.1) is 12.7 Å². The van der Waals surface area contributed by atoms with Gasteiger partial charge in [0, 0.05) is 18.4 Å². The Morgan fingerprint density at radius 3 is 1.72 bits per heavy atom. The second kappa shape index (κ2) is 14.1. The van der Waals surface area contributed by atoms with Crippen LogP contribution in [0, 0.1) is 0 Å². The fourth-order valence-corrected chi connectivity index (χ4v) is 2.93. The number of benzene rings is 3. The SMILES string of the molecule is CCOCCC(CN(Oc1ccccc1)Oc1ccccc1)OCCOc1ccccc1. The highest BCUT2D eigenvalue weighted by Crippen LogP contribution is 2.17. The quantitative estimate of drug-likeness (QED) is 0.242. The minimum absolute atomic E-state index is 0.173. The summed E-state index contributed by atoms with van der Waals surface area (Å²) in [6.45, 7) is 4.51. The number of hydrogen-bond donors (Lipinski definition) is 0. The smallest absolute Gasteiger partial charge is 0.151 e. The second-order valence-corrected chi connectivity index (χ2v) is 6.96. The van der Waals surface area contributed by atoms with Crippen LogP contribution in [0.1, 0.15) is 13.3 Å². The van der Waals surface area contributed by atoms with E-state index < -0.39 is 0 Å². The number of nitrogens with zero attached hydrogens (tertiary/aromatic N) is 1. The fraction of sp³-hybridized carbons (Fsp3) is 0.308. The maximum atomic E-state index is 6.11. The first-order valence-electron chi connectivity index (χ1n) is 10.9. The van der Waals surface area contributed by atoms with Gasteiger partial charge in [0.15, 0.2) is 11.5 Å². The van der Waals surface area contributed by atoms with Gasteiger partial charge in [-0.3, -0.25) is 0 Å². The summed E-state index contributed by atoms with van der Waals surface area (Å²) in [7, 11) is 0. The van der Waals surface area contributed by atoms with E-state index in [2.05, 4.69) is 0 Å². The van der Waals surface area contributed by atoms with E-state index in [0.29, 0.717) is 50.9 Å². The number of hydroxylamine groups is 2. The Labute approximate surface area is 190 Å². The van der Waals surface area contributed by atoms with E-state index in [1.807, 2.05) is 97.9 Å². The molecule has 0 amide bonds. The highest BCUT2D eigenvalue weighted by atomic mass is 17.0. The molecule has 0 aliphatic rings. The van der Waals surface area contributed by atoms with E-state index in [4.69, 9.17) is 23.9 Å². The predicted octanol–water partition coefficient (Wildman–Crippen LogP) is 5.17. The monoisotopic (exact) mass is 437 g/mol. The van der Waals surface area contributed by atoms with Gasteiger partial charge in [-0.2, -0.15) is 0 Å². The molecule has 0 aromatic heterocycles. The van der Waals surface area contributed by atoms with Gasteiger partial charge >= 0.3 is 0 Å². The molecule has 32 heavy (non-hydrogen) atoms. The maximum Gasteiger partial charge on any atom is 0.151 e. The molecule has 3 rings (SSSR count). The molecular formula is C26H31NO5. The fourth-order valence-electron chi connectivity index (χ4n) is 2.93. The van der Waals surface area contributed by atoms with Crippen molar-refractivity contribution >= 4 is 0 Å². The molecule has 3 aromatic rings. The largest absolute Gasteiger partial charge is 0.491 e. The molecule has 3 aromatic carbocycles. The Morgan fingerprint density at radius 1 is 0.656 bits per heavy atom. The molecule has 0 N–H and O–H groups in total. The van der Waals surface area contributed by atoms with E-state index in [-0.39, 0.29) is 6.10 Å². The van der Waals surface area contributed by atoms with Crippen molar-refractivity contribution in [2.75, 3.05) is 33.0 Å². The van der Waals surface area contributed by atoms with Crippen molar-refractivity contribution in [1.29, 1.82) is 0 Å². The highest BCUT2D eigenvalue weighted by molar-refractivity contribution is 5.22. The summed E-state index contributed by atoms with van der Waals surface area (Å²) in [4.78, 5) is 12.0. The van der Waals surface area contributed by atoms with Crippen molar-refractivity contribution < 1.29 is 23.9 Å². The third-order valence-electron chi connectivity index (χ3n) is 4.49. The van der Waals surface area contributed by atoms with Crippen LogP contribution in [-0.4, -0.2) is 44.3 Å². The van der Waals surface area contributed by atoms with Crippen LogP contribution < -0.4 is 14.4 Å². The molecule has 1 atom stereocenters. The predicted molar refractivity (Wildman–Crippen MR) is 124 cm³/mol. The Hall–Kier alpha value is -3.06. The number of rotatable bonds is 15. The summed E-state index contributed by atoms with van der Waals surface area (Å²) < 4.78 is 17.4. The summed E-state index contributed by atoms with van der Waals surface area (Å²) >= 11 is 0. The number of hydrogen-bond acceptors (Lipinski definition) is 6. The second-order valence-electron chi connectivity index (χ2n) is 6.96. The van der Waals surface area contributed by atoms with Gasteiger partial charge in [-0.15, -0.1) is 0 Å². The minimum Gasteiger partial charge on any atom is -0.491 e. The highest BCUT2D eigenvalue weighted by Gasteiger charge is 2.19. The van der Waals surface area contributed by atoms with Gasteiger partial charge in [0.1, 0.15) is 18.9 Å². The molecule has 0 fully saturated rings. The summed E-state index contributed by atoms with van der Waals surface area (Å²) in [6, 6.07) is 28.8. The van der Waals surface area contributed by atoms with E-state index in [1.165, 1.54) is 5.23 Å². The van der Waals surface area contributed by atoms with Crippen LogP contribution in [-0.2, 0) is 9.47 Å². The topological polar surface area (TPSA) is 49.4 Å². The van der Waals surface area contributed by atoms with Crippen molar-refractivity contribution in [2.24, 2.45) is 0 Å². The van der Waals surface area contributed by atoms with E-state index in [0.717, 1.165) is 5.75 Å². The summed E-state index contributed by atoms with van der Waals surface area (Å²) in [5.74, 6) is 2.18. The van der Waals surface area contributed by atoms with Crippen LogP contribution in [0.2, 0.25) is 0 Å². The van der Waals surface area contributed by atoms with Crippen molar-refractivity contribution in [3.05, 3.63) is 91.0 Å². The van der Waals surface area contributed by atoms with Gasteiger partial charge in [0.25, 0.3) is 0 Å². The molecule has 0 aliphatic heterocycles. The summed E-state index contributed by atoms with van der Waals surface area (Å²) in [5.41, 5.74) is 0. The van der Waals surface area contributed by atoms with Crippen LogP contribution in [0.5, 0.6) is 17.2 Å². The van der Waals surface area contributed by atoms with Crippen LogP contribution in [0.3, 0.4) is 0 Å². The lowest BCUT2D eigenvalue weighted by Crippen LogP contribution is -2.40. The molecule has 6 heteroatoms. The molecule has 0 spiro atoms. The first-order chi connectivity index (χ1) is 15.8. The van der Waals surface area contributed by atoms with Crippen molar-refractivity contribution in [3.8, 4) is 17.2 Å². The Kier molecular flexibility index (Phi) is 10.4. The molecule has 0 bridgehead atoms. The third-order valence-corrected chi connectivity index (χ3v) is 4.49. The average molecular weight is 438 g/mol. The van der Waals surface area contributed by atoms with E-state index in [9.17, 15) is 0 Å². The van der Waals surface area contributed by atoms with Gasteiger partial charge in [-0.05, 0) is 49.7 Å². The molecule has 6 nitrogen and oxygen atoms in total. The van der Waals surface area contributed by atoms with Crippen LogP contribution in [0.4, 0.5) is 0 Å². The van der Waals surface area contributed by atoms with Crippen molar-refractivity contribution in [1.82, 2.24) is 5.23 Å². The van der Waals surface area contributed by atoms with Crippen molar-refractivity contribution in [3.63, 3.8) is 0 Å². The molecule has 0 heterocycles. The first-order valence-corrected chi connectivity index (χ1v) is 10.9. The lowest BCUT2D eigenvalue weighted by molar-refractivity contribution is -0.270. The molecular weight excluding hydrogens is 406 g/mol. The number of ether oxygens (including phenoxy) is 3. The molecule has 170 valence electrons.